The highest BCUT2D eigenvalue weighted by atomic mass is 79.9. The molecule has 0 fully saturated rings. The molecule has 0 saturated heterocycles. The average Bonchev–Trinajstić information content (AvgIpc) is 2.18. The molecule has 2 N–H and O–H groups in total. The van der Waals surface area contributed by atoms with Gasteiger partial charge < -0.3 is 10.4 Å². The number of rotatable bonds is 3. The van der Waals surface area contributed by atoms with Crippen LogP contribution in [0.4, 0.5) is 4.39 Å². The highest BCUT2D eigenvalue weighted by Gasteiger charge is 2.12. The Morgan fingerprint density at radius 2 is 2.33 bits per heavy atom. The number of nitrogens with one attached hydrogen (secondary N) is 1. The van der Waals surface area contributed by atoms with Gasteiger partial charge in [-0.05, 0) is 25.1 Å². The maximum atomic E-state index is 13.2. The van der Waals surface area contributed by atoms with Gasteiger partial charge in [-0.2, -0.15) is 0 Å². The Bertz CT molecular complexity index is 368. The third kappa shape index (κ3) is 3.60. The predicted octanol–water partition coefficient (Wildman–Crippen LogP) is 1.70. The summed E-state index contributed by atoms with van der Waals surface area (Å²) in [7, 11) is 0. The van der Waals surface area contributed by atoms with E-state index in [-0.39, 0.29) is 12.1 Å². The summed E-state index contributed by atoms with van der Waals surface area (Å²) in [4.78, 5) is 11.4. The molecular weight excluding hydrogens is 265 g/mol. The van der Waals surface area contributed by atoms with Crippen molar-refractivity contribution in [1.82, 2.24) is 5.32 Å². The molecule has 3 nitrogen and oxygen atoms in total. The van der Waals surface area contributed by atoms with Crippen LogP contribution in [0.3, 0.4) is 0 Å². The van der Waals surface area contributed by atoms with Crippen LogP contribution in [-0.2, 0) is 0 Å². The summed E-state index contributed by atoms with van der Waals surface area (Å²) in [5.41, 5.74) is -0.0370. The van der Waals surface area contributed by atoms with Crippen molar-refractivity contribution >= 4 is 21.8 Å². The molecule has 0 aliphatic heterocycles. The summed E-state index contributed by atoms with van der Waals surface area (Å²) >= 11 is 3.15. The van der Waals surface area contributed by atoms with Gasteiger partial charge in [0.15, 0.2) is 0 Å². The van der Waals surface area contributed by atoms with Crippen LogP contribution >= 0.6 is 15.9 Å². The van der Waals surface area contributed by atoms with Gasteiger partial charge in [0.2, 0.25) is 0 Å². The zero-order valence-electron chi connectivity index (χ0n) is 8.13. The number of aliphatic hydroxyl groups is 1. The van der Waals surface area contributed by atoms with Gasteiger partial charge in [0.1, 0.15) is 5.82 Å². The van der Waals surface area contributed by atoms with Crippen molar-refractivity contribution in [2.75, 3.05) is 6.54 Å². The van der Waals surface area contributed by atoms with Crippen LogP contribution in [-0.4, -0.2) is 23.7 Å². The number of halogens is 2. The quantitative estimate of drug-likeness (QED) is 0.882. The molecule has 5 heteroatoms. The fourth-order valence-electron chi connectivity index (χ4n) is 1.01. The summed E-state index contributed by atoms with van der Waals surface area (Å²) in [6.45, 7) is 1.64. The second-order valence-electron chi connectivity index (χ2n) is 3.18. The summed E-state index contributed by atoms with van der Waals surface area (Å²) in [5.74, 6) is -1.11. The molecule has 0 bridgehead atoms. The Balaban J connectivity index is 2.77. The molecule has 0 aromatic heterocycles. The van der Waals surface area contributed by atoms with Crippen LogP contribution < -0.4 is 5.32 Å². The van der Waals surface area contributed by atoms with E-state index < -0.39 is 17.8 Å². The second kappa shape index (κ2) is 5.23. The summed E-state index contributed by atoms with van der Waals surface area (Å²) in [6, 6.07) is 4.12. The van der Waals surface area contributed by atoms with E-state index in [2.05, 4.69) is 21.2 Å². The van der Waals surface area contributed by atoms with E-state index in [0.717, 1.165) is 0 Å². The van der Waals surface area contributed by atoms with Gasteiger partial charge >= 0.3 is 0 Å². The van der Waals surface area contributed by atoms with Crippen LogP contribution in [0.1, 0.15) is 17.3 Å². The lowest BCUT2D eigenvalue weighted by Gasteiger charge is -2.07. The van der Waals surface area contributed by atoms with Crippen molar-refractivity contribution < 1.29 is 14.3 Å². The van der Waals surface area contributed by atoms with Gasteiger partial charge in [0.05, 0.1) is 11.7 Å². The van der Waals surface area contributed by atoms with E-state index in [1.54, 1.807) is 0 Å². The maximum absolute atomic E-state index is 13.2. The Labute approximate surface area is 95.4 Å². The molecule has 0 radical (unpaired) electrons. The van der Waals surface area contributed by atoms with E-state index in [1.165, 1.54) is 25.1 Å². The lowest BCUT2D eigenvalue weighted by Crippen LogP contribution is -2.31. The Hall–Kier alpha value is -0.940. The van der Waals surface area contributed by atoms with Gasteiger partial charge in [-0.15, -0.1) is 0 Å². The molecule has 1 atom stereocenters. The van der Waals surface area contributed by atoms with Crippen molar-refractivity contribution in [3.8, 4) is 0 Å². The SMILES string of the molecule is CC(O)CNC(=O)c1cc(Br)ccc1F. The van der Waals surface area contributed by atoms with Crippen LogP contribution in [0.15, 0.2) is 22.7 Å². The first-order chi connectivity index (χ1) is 7.00. The Morgan fingerprint density at radius 1 is 1.67 bits per heavy atom. The van der Waals surface area contributed by atoms with Crippen LogP contribution in [0.2, 0.25) is 0 Å². The molecule has 0 saturated carbocycles. The molecule has 82 valence electrons. The second-order valence-corrected chi connectivity index (χ2v) is 4.10. The van der Waals surface area contributed by atoms with Crippen molar-refractivity contribution in [2.24, 2.45) is 0 Å². The van der Waals surface area contributed by atoms with Crippen molar-refractivity contribution in [2.45, 2.75) is 13.0 Å². The minimum absolute atomic E-state index is 0.0370. The number of amides is 1. The van der Waals surface area contributed by atoms with E-state index in [9.17, 15) is 9.18 Å². The number of benzene rings is 1. The first kappa shape index (κ1) is 12.1. The molecule has 1 aromatic carbocycles. The van der Waals surface area contributed by atoms with Gasteiger partial charge in [-0.1, -0.05) is 15.9 Å². The van der Waals surface area contributed by atoms with E-state index in [1.807, 2.05) is 0 Å². The number of aliphatic hydroxyl groups excluding tert-OH is 1. The van der Waals surface area contributed by atoms with Crippen LogP contribution in [0, 0.1) is 5.82 Å². The molecule has 1 rings (SSSR count). The highest BCUT2D eigenvalue weighted by molar-refractivity contribution is 9.10. The van der Waals surface area contributed by atoms with E-state index >= 15 is 0 Å². The largest absolute Gasteiger partial charge is 0.392 e. The molecule has 0 spiro atoms. The zero-order valence-corrected chi connectivity index (χ0v) is 9.71. The third-order valence-electron chi connectivity index (χ3n) is 1.73. The fraction of sp³-hybridized carbons (Fsp3) is 0.300. The number of hydrogen-bond donors (Lipinski definition) is 2. The monoisotopic (exact) mass is 275 g/mol. The lowest BCUT2D eigenvalue weighted by atomic mass is 10.2. The number of carbonyl (C=O) groups is 1. The van der Waals surface area contributed by atoms with E-state index in [4.69, 9.17) is 5.11 Å². The molecule has 0 aliphatic rings. The lowest BCUT2D eigenvalue weighted by molar-refractivity contribution is 0.0920. The molecule has 0 aliphatic carbocycles. The number of carbonyl (C=O) groups excluding carboxylic acids is 1. The third-order valence-corrected chi connectivity index (χ3v) is 2.22. The van der Waals surface area contributed by atoms with Crippen LogP contribution in [0.25, 0.3) is 0 Å². The maximum Gasteiger partial charge on any atom is 0.254 e. The first-order valence-corrected chi connectivity index (χ1v) is 5.21. The Morgan fingerprint density at radius 3 is 2.93 bits per heavy atom. The van der Waals surface area contributed by atoms with Gasteiger partial charge in [0, 0.05) is 11.0 Å². The van der Waals surface area contributed by atoms with Gasteiger partial charge in [-0.25, -0.2) is 4.39 Å². The van der Waals surface area contributed by atoms with Gasteiger partial charge in [-0.3, -0.25) is 4.79 Å². The van der Waals surface area contributed by atoms with Crippen molar-refractivity contribution in [1.29, 1.82) is 0 Å². The molecule has 1 unspecified atom stereocenters. The van der Waals surface area contributed by atoms with Crippen molar-refractivity contribution in [3.05, 3.63) is 34.1 Å². The minimum atomic E-state index is -0.649. The molecule has 0 heterocycles. The Kier molecular flexibility index (Phi) is 4.23. The molecular formula is C10H11BrFNO2. The fourth-order valence-corrected chi connectivity index (χ4v) is 1.37. The molecule has 15 heavy (non-hydrogen) atoms. The highest BCUT2D eigenvalue weighted by Crippen LogP contribution is 2.15. The van der Waals surface area contributed by atoms with Gasteiger partial charge in [0.25, 0.3) is 5.91 Å². The van der Waals surface area contributed by atoms with Crippen molar-refractivity contribution in [3.63, 3.8) is 0 Å². The normalized spacial score (nSPS) is 12.3. The van der Waals surface area contributed by atoms with E-state index in [0.29, 0.717) is 4.47 Å². The molecule has 1 aromatic rings. The standard InChI is InChI=1S/C10H11BrFNO2/c1-6(14)5-13-10(15)8-4-7(11)2-3-9(8)12/h2-4,6,14H,5H2,1H3,(H,13,15). The topological polar surface area (TPSA) is 49.3 Å². The summed E-state index contributed by atoms with van der Waals surface area (Å²) < 4.78 is 13.8. The smallest absolute Gasteiger partial charge is 0.254 e. The predicted molar refractivity (Wildman–Crippen MR) is 58.1 cm³/mol. The zero-order chi connectivity index (χ0) is 11.4. The molecule has 1 amide bonds. The summed E-state index contributed by atoms with van der Waals surface area (Å²) in [6.07, 6.45) is -0.649. The minimum Gasteiger partial charge on any atom is -0.392 e. The summed E-state index contributed by atoms with van der Waals surface area (Å²) in [5, 5.41) is 11.4. The first-order valence-electron chi connectivity index (χ1n) is 4.42. The number of hydrogen-bond acceptors (Lipinski definition) is 2. The van der Waals surface area contributed by atoms with Crippen LogP contribution in [0.5, 0.6) is 0 Å². The average molecular weight is 276 g/mol.